The summed E-state index contributed by atoms with van der Waals surface area (Å²) in [6, 6.07) is 10.0. The minimum Gasteiger partial charge on any atom is -0.481 e. The molecule has 0 atom stereocenters. The van der Waals surface area contributed by atoms with Crippen LogP contribution in [0.15, 0.2) is 39.8 Å². The van der Waals surface area contributed by atoms with Crippen molar-refractivity contribution in [3.05, 3.63) is 46.1 Å². The highest BCUT2D eigenvalue weighted by Crippen LogP contribution is 2.24. The number of carboxylic acids is 1. The van der Waals surface area contributed by atoms with Gasteiger partial charge in [-0.05, 0) is 29.7 Å². The zero-order valence-corrected chi connectivity index (χ0v) is 14.3. The van der Waals surface area contributed by atoms with Crippen molar-refractivity contribution in [2.45, 2.75) is 31.3 Å². The van der Waals surface area contributed by atoms with Crippen molar-refractivity contribution < 1.29 is 9.90 Å². The molecule has 21 heavy (non-hydrogen) atoms. The van der Waals surface area contributed by atoms with Crippen molar-refractivity contribution in [1.29, 1.82) is 0 Å². The fourth-order valence-corrected chi connectivity index (χ4v) is 3.05. The van der Waals surface area contributed by atoms with Crippen LogP contribution < -0.4 is 0 Å². The van der Waals surface area contributed by atoms with E-state index in [0.717, 1.165) is 20.8 Å². The Morgan fingerprint density at radius 1 is 1.43 bits per heavy atom. The Bertz CT molecular complexity index is 640. The molecule has 0 radical (unpaired) electrons. The first-order valence-electron chi connectivity index (χ1n) is 6.62. The van der Waals surface area contributed by atoms with Crippen LogP contribution in [-0.2, 0) is 11.3 Å². The van der Waals surface area contributed by atoms with Gasteiger partial charge in [0, 0.05) is 4.47 Å². The van der Waals surface area contributed by atoms with E-state index in [1.54, 1.807) is 0 Å². The number of thioether (sulfide) groups is 1. The number of halogens is 1. The van der Waals surface area contributed by atoms with E-state index in [9.17, 15) is 4.79 Å². The fraction of sp³-hybridized carbons (Fsp3) is 0.333. The van der Waals surface area contributed by atoms with E-state index in [1.807, 2.05) is 35.0 Å². The average molecular weight is 369 g/mol. The molecule has 112 valence electrons. The molecule has 2 aromatic rings. The van der Waals surface area contributed by atoms with Gasteiger partial charge in [0.05, 0.1) is 23.0 Å². The summed E-state index contributed by atoms with van der Waals surface area (Å²) < 4.78 is 2.90. The molecule has 0 spiro atoms. The summed E-state index contributed by atoms with van der Waals surface area (Å²) in [5.74, 6) is -0.457. The van der Waals surface area contributed by atoms with E-state index in [0.29, 0.717) is 12.5 Å². The number of benzene rings is 1. The smallest absolute Gasteiger partial charge is 0.313 e. The van der Waals surface area contributed by atoms with Gasteiger partial charge in [0.2, 0.25) is 0 Å². The molecule has 2 rings (SSSR count). The summed E-state index contributed by atoms with van der Waals surface area (Å²) in [6.45, 7) is 4.79. The predicted octanol–water partition coefficient (Wildman–Crippen LogP) is 3.99. The second-order valence-corrected chi connectivity index (χ2v) is 6.94. The van der Waals surface area contributed by atoms with Crippen molar-refractivity contribution in [3.8, 4) is 0 Å². The number of aliphatic carboxylic acids is 1. The second-order valence-electron chi connectivity index (χ2n) is 5.03. The van der Waals surface area contributed by atoms with E-state index in [-0.39, 0.29) is 5.75 Å². The Morgan fingerprint density at radius 3 is 2.81 bits per heavy atom. The van der Waals surface area contributed by atoms with E-state index in [1.165, 1.54) is 11.8 Å². The molecule has 0 aliphatic rings. The average Bonchev–Trinajstić information content (AvgIpc) is 2.80. The molecule has 1 aromatic heterocycles. The largest absolute Gasteiger partial charge is 0.481 e. The van der Waals surface area contributed by atoms with Crippen molar-refractivity contribution in [2.24, 2.45) is 0 Å². The van der Waals surface area contributed by atoms with Crippen LogP contribution in [0.25, 0.3) is 0 Å². The van der Waals surface area contributed by atoms with Crippen LogP contribution in [0, 0.1) is 0 Å². The number of rotatable bonds is 6. The molecule has 0 saturated carbocycles. The van der Waals surface area contributed by atoms with Crippen LogP contribution in [0.4, 0.5) is 0 Å². The summed E-state index contributed by atoms with van der Waals surface area (Å²) in [5, 5.41) is 14.3. The number of aromatic nitrogens is 2. The minimum absolute atomic E-state index is 0.0434. The van der Waals surface area contributed by atoms with Crippen LogP contribution >= 0.6 is 27.7 Å². The van der Waals surface area contributed by atoms with Crippen LogP contribution in [0.1, 0.15) is 31.0 Å². The summed E-state index contributed by atoms with van der Waals surface area (Å²) in [6.07, 6.45) is 0. The molecule has 0 aliphatic heterocycles. The first kappa shape index (κ1) is 16.1. The van der Waals surface area contributed by atoms with Crippen LogP contribution in [-0.4, -0.2) is 26.6 Å². The van der Waals surface area contributed by atoms with Gasteiger partial charge in [0.25, 0.3) is 0 Å². The molecule has 0 unspecified atom stereocenters. The molecule has 1 N–H and O–H groups in total. The lowest BCUT2D eigenvalue weighted by Crippen LogP contribution is -2.06. The monoisotopic (exact) mass is 368 g/mol. The van der Waals surface area contributed by atoms with Crippen molar-refractivity contribution in [1.82, 2.24) is 9.78 Å². The first-order chi connectivity index (χ1) is 9.95. The van der Waals surface area contributed by atoms with Gasteiger partial charge in [-0.2, -0.15) is 5.10 Å². The fourth-order valence-electron chi connectivity index (χ4n) is 1.87. The molecule has 4 nitrogen and oxygen atoms in total. The van der Waals surface area contributed by atoms with E-state index >= 15 is 0 Å². The first-order valence-corrected chi connectivity index (χ1v) is 8.40. The molecule has 0 bridgehead atoms. The van der Waals surface area contributed by atoms with E-state index in [4.69, 9.17) is 5.11 Å². The Labute approximate surface area is 136 Å². The normalized spacial score (nSPS) is 11.0. The highest BCUT2D eigenvalue weighted by Gasteiger charge is 2.13. The molecule has 6 heteroatoms. The highest BCUT2D eigenvalue weighted by molar-refractivity contribution is 9.10. The van der Waals surface area contributed by atoms with Gasteiger partial charge in [-0.15, -0.1) is 0 Å². The van der Waals surface area contributed by atoms with Crippen LogP contribution in [0.3, 0.4) is 0 Å². The maximum Gasteiger partial charge on any atom is 0.313 e. The SMILES string of the molecule is CC(C)c1cc(SCC(=O)O)n(Cc2cccc(Br)c2)n1. The molecule has 0 saturated heterocycles. The van der Waals surface area contributed by atoms with Gasteiger partial charge in [0.15, 0.2) is 0 Å². The van der Waals surface area contributed by atoms with Crippen molar-refractivity contribution >= 4 is 33.7 Å². The van der Waals surface area contributed by atoms with Crippen LogP contribution in [0.2, 0.25) is 0 Å². The van der Waals surface area contributed by atoms with Crippen molar-refractivity contribution in [2.75, 3.05) is 5.75 Å². The molecular weight excluding hydrogens is 352 g/mol. The molecule has 1 aromatic carbocycles. The Balaban J connectivity index is 2.25. The summed E-state index contributed by atoms with van der Waals surface area (Å²) in [5.41, 5.74) is 2.11. The summed E-state index contributed by atoms with van der Waals surface area (Å²) >= 11 is 4.77. The van der Waals surface area contributed by atoms with E-state index in [2.05, 4.69) is 34.9 Å². The standard InChI is InChI=1S/C15H17BrN2O2S/c1-10(2)13-7-14(21-9-15(19)20)18(17-13)8-11-4-3-5-12(16)6-11/h3-7,10H,8-9H2,1-2H3,(H,19,20). The summed E-state index contributed by atoms with van der Waals surface area (Å²) in [7, 11) is 0. The summed E-state index contributed by atoms with van der Waals surface area (Å²) in [4.78, 5) is 10.8. The van der Waals surface area contributed by atoms with Crippen LogP contribution in [0.5, 0.6) is 0 Å². The maximum atomic E-state index is 10.8. The third-order valence-electron chi connectivity index (χ3n) is 2.92. The number of carbonyl (C=O) groups is 1. The van der Waals surface area contributed by atoms with Gasteiger partial charge >= 0.3 is 5.97 Å². The number of hydrogen-bond donors (Lipinski definition) is 1. The number of carboxylic acid groups (broad SMARTS) is 1. The Kier molecular flexibility index (Phi) is 5.47. The molecule has 0 amide bonds. The van der Waals surface area contributed by atoms with E-state index < -0.39 is 5.97 Å². The van der Waals surface area contributed by atoms with Crippen molar-refractivity contribution in [3.63, 3.8) is 0 Å². The lowest BCUT2D eigenvalue weighted by atomic mass is 10.1. The molecule has 1 heterocycles. The van der Waals surface area contributed by atoms with Gasteiger partial charge in [-0.1, -0.05) is 53.7 Å². The molecule has 0 fully saturated rings. The molecular formula is C15H17BrN2O2S. The predicted molar refractivity (Wildman–Crippen MR) is 87.9 cm³/mol. The molecule has 0 aliphatic carbocycles. The zero-order chi connectivity index (χ0) is 15.4. The number of hydrogen-bond acceptors (Lipinski definition) is 3. The van der Waals surface area contributed by atoms with Gasteiger partial charge in [-0.3, -0.25) is 9.48 Å². The Morgan fingerprint density at radius 2 is 2.19 bits per heavy atom. The lowest BCUT2D eigenvalue weighted by molar-refractivity contribution is -0.133. The minimum atomic E-state index is -0.818. The Hall–Kier alpha value is -1.27. The maximum absolute atomic E-state index is 10.8. The third kappa shape index (κ3) is 4.61. The highest BCUT2D eigenvalue weighted by atomic mass is 79.9. The number of nitrogens with zero attached hydrogens (tertiary/aromatic N) is 2. The van der Waals surface area contributed by atoms with Gasteiger partial charge in [0.1, 0.15) is 0 Å². The topological polar surface area (TPSA) is 55.1 Å². The third-order valence-corrected chi connectivity index (χ3v) is 4.43. The quantitative estimate of drug-likeness (QED) is 0.783. The zero-order valence-electron chi connectivity index (χ0n) is 11.9. The second kappa shape index (κ2) is 7.13. The van der Waals surface area contributed by atoms with Gasteiger partial charge in [-0.25, -0.2) is 0 Å². The lowest BCUT2D eigenvalue weighted by Gasteiger charge is -2.07. The van der Waals surface area contributed by atoms with Gasteiger partial charge < -0.3 is 5.11 Å².